The van der Waals surface area contributed by atoms with Crippen LogP contribution in [0.2, 0.25) is 0 Å². The molecule has 1 atom stereocenters. The predicted octanol–water partition coefficient (Wildman–Crippen LogP) is 5.63. The number of urea groups is 1. The highest BCUT2D eigenvalue weighted by Gasteiger charge is 2.23. The smallest absolute Gasteiger partial charge is 0.323 e. The first-order chi connectivity index (χ1) is 17.6. The third-order valence-corrected chi connectivity index (χ3v) is 7.18. The van der Waals surface area contributed by atoms with Crippen molar-refractivity contribution in [2.24, 2.45) is 5.92 Å². The van der Waals surface area contributed by atoms with E-state index in [1.54, 1.807) is 6.07 Å². The molecule has 3 aromatic carbocycles. The zero-order valence-corrected chi connectivity index (χ0v) is 20.8. The number of nitrogens with one attached hydrogen (secondary N) is 3. The highest BCUT2D eigenvalue weighted by molar-refractivity contribution is 6.07. The molecule has 7 heteroatoms. The molecule has 3 aromatic rings. The van der Waals surface area contributed by atoms with Crippen LogP contribution in [0.3, 0.4) is 0 Å². The van der Waals surface area contributed by atoms with Gasteiger partial charge in [0.1, 0.15) is 0 Å². The average Bonchev–Trinajstić information content (AvgIpc) is 3.42. The van der Waals surface area contributed by atoms with Gasteiger partial charge in [-0.1, -0.05) is 43.3 Å². The van der Waals surface area contributed by atoms with Crippen LogP contribution in [0.5, 0.6) is 0 Å². The van der Waals surface area contributed by atoms with Crippen LogP contribution in [0, 0.1) is 5.92 Å². The number of piperidine rings is 1. The fourth-order valence-corrected chi connectivity index (χ4v) is 5.05. The molecule has 0 spiro atoms. The number of amides is 3. The van der Waals surface area contributed by atoms with Crippen LogP contribution < -0.4 is 20.9 Å². The molecule has 0 bridgehead atoms. The summed E-state index contributed by atoms with van der Waals surface area (Å²) in [4.78, 5) is 28.4. The molecule has 3 N–H and O–H groups in total. The van der Waals surface area contributed by atoms with E-state index < -0.39 is 0 Å². The van der Waals surface area contributed by atoms with E-state index in [0.717, 1.165) is 67.5 Å². The number of carbonyl (C=O) groups excluding carboxylic acids is 2. The van der Waals surface area contributed by atoms with E-state index >= 15 is 0 Å². The van der Waals surface area contributed by atoms with Crippen molar-refractivity contribution in [3.8, 4) is 0 Å². The van der Waals surface area contributed by atoms with Gasteiger partial charge in [0, 0.05) is 43.0 Å². The van der Waals surface area contributed by atoms with E-state index in [2.05, 4.69) is 27.8 Å². The maximum Gasteiger partial charge on any atom is 0.323 e. The minimum Gasteiger partial charge on any atom is -0.376 e. The minimum atomic E-state index is -0.350. The molecule has 0 aromatic heterocycles. The molecule has 5 rings (SSSR count). The Labute approximate surface area is 212 Å². The van der Waals surface area contributed by atoms with Crippen molar-refractivity contribution in [2.45, 2.75) is 38.7 Å². The van der Waals surface area contributed by atoms with Gasteiger partial charge >= 0.3 is 6.03 Å². The normalized spacial score (nSPS) is 18.2. The van der Waals surface area contributed by atoms with Gasteiger partial charge in [0.25, 0.3) is 5.91 Å². The topological polar surface area (TPSA) is 82.7 Å². The fourth-order valence-electron chi connectivity index (χ4n) is 5.05. The van der Waals surface area contributed by atoms with Gasteiger partial charge < -0.3 is 25.6 Å². The maximum absolute atomic E-state index is 13.3. The highest BCUT2D eigenvalue weighted by Crippen LogP contribution is 2.29. The fraction of sp³-hybridized carbons (Fsp3) is 0.379. The summed E-state index contributed by atoms with van der Waals surface area (Å²) >= 11 is 0. The van der Waals surface area contributed by atoms with Crippen LogP contribution in [-0.4, -0.2) is 44.3 Å². The molecule has 0 aliphatic carbocycles. The zero-order valence-electron chi connectivity index (χ0n) is 20.8. The summed E-state index contributed by atoms with van der Waals surface area (Å²) in [6, 6.07) is 19.0. The first kappa shape index (κ1) is 24.1. The van der Waals surface area contributed by atoms with Crippen molar-refractivity contribution >= 4 is 39.8 Å². The van der Waals surface area contributed by atoms with Gasteiger partial charge in [-0.15, -0.1) is 0 Å². The maximum atomic E-state index is 13.3. The second-order valence-corrected chi connectivity index (χ2v) is 9.85. The molecular formula is C29H34N4O3. The number of ether oxygens (including phenoxy) is 1. The van der Waals surface area contributed by atoms with Crippen LogP contribution in [0.1, 0.15) is 43.0 Å². The Bertz CT molecular complexity index is 1220. The summed E-state index contributed by atoms with van der Waals surface area (Å²) < 4.78 is 5.67. The number of hydrogen-bond donors (Lipinski definition) is 3. The van der Waals surface area contributed by atoms with Crippen molar-refractivity contribution in [1.82, 2.24) is 5.32 Å². The summed E-state index contributed by atoms with van der Waals surface area (Å²) in [6.07, 6.45) is 4.27. The van der Waals surface area contributed by atoms with Gasteiger partial charge in [-0.3, -0.25) is 4.79 Å². The molecule has 0 saturated carbocycles. The van der Waals surface area contributed by atoms with E-state index in [1.165, 1.54) is 0 Å². The molecular weight excluding hydrogens is 452 g/mol. The molecule has 2 heterocycles. The minimum absolute atomic E-state index is 0.0704. The van der Waals surface area contributed by atoms with Crippen LogP contribution in [0.15, 0.2) is 60.7 Å². The lowest BCUT2D eigenvalue weighted by atomic mass is 9.97. The largest absolute Gasteiger partial charge is 0.376 e. The third-order valence-electron chi connectivity index (χ3n) is 7.18. The van der Waals surface area contributed by atoms with Crippen molar-refractivity contribution in [3.63, 3.8) is 0 Å². The van der Waals surface area contributed by atoms with Crippen LogP contribution in [0.4, 0.5) is 21.9 Å². The van der Waals surface area contributed by atoms with Gasteiger partial charge in [-0.25, -0.2) is 4.79 Å². The molecule has 2 aliphatic rings. The molecule has 2 aliphatic heterocycles. The monoisotopic (exact) mass is 486 g/mol. The summed E-state index contributed by atoms with van der Waals surface area (Å²) in [5.74, 6) is 0.550. The van der Waals surface area contributed by atoms with Crippen LogP contribution in [0.25, 0.3) is 10.8 Å². The van der Waals surface area contributed by atoms with Crippen molar-refractivity contribution in [1.29, 1.82) is 0 Å². The van der Waals surface area contributed by atoms with E-state index in [0.29, 0.717) is 23.7 Å². The SMILES string of the molecule is CC1CCN(c2ccc(NC(=O)Nc3cccc4ccccc34)cc2C(=O)NC[C@H]2CCCO2)CC1. The second-order valence-electron chi connectivity index (χ2n) is 9.85. The molecule has 2 saturated heterocycles. The number of rotatable bonds is 6. The number of fused-ring (bicyclic) bond motifs is 1. The van der Waals surface area contributed by atoms with Crippen LogP contribution in [-0.2, 0) is 4.74 Å². The van der Waals surface area contributed by atoms with Gasteiger partial charge in [0.05, 0.1) is 17.4 Å². The standard InChI is InChI=1S/C29H34N4O3/c1-20-13-15-33(16-14-20)27-12-11-22(18-25(27)28(34)30-19-23-8-5-17-36-23)31-29(35)32-26-10-4-7-21-6-2-3-9-24(21)26/h2-4,6-7,9-12,18,20,23H,5,8,13-17,19H2,1H3,(H,30,34)(H2,31,32,35)/t23-/m1/s1. The first-order valence-electron chi connectivity index (χ1n) is 12.9. The van der Waals surface area contributed by atoms with Gasteiger partial charge in [0.2, 0.25) is 0 Å². The third kappa shape index (κ3) is 5.62. The highest BCUT2D eigenvalue weighted by atomic mass is 16.5. The second kappa shape index (κ2) is 11.0. The van der Waals surface area contributed by atoms with E-state index in [4.69, 9.17) is 4.74 Å². The molecule has 7 nitrogen and oxygen atoms in total. The lowest BCUT2D eigenvalue weighted by Crippen LogP contribution is -2.36. The van der Waals surface area contributed by atoms with E-state index in [-0.39, 0.29) is 18.0 Å². The molecule has 188 valence electrons. The Morgan fingerprint density at radius 3 is 2.58 bits per heavy atom. The molecule has 2 fully saturated rings. The van der Waals surface area contributed by atoms with Gasteiger partial charge in [-0.05, 0) is 61.3 Å². The molecule has 0 unspecified atom stereocenters. The lowest BCUT2D eigenvalue weighted by molar-refractivity contribution is 0.0858. The van der Waals surface area contributed by atoms with Gasteiger partial charge in [0.15, 0.2) is 0 Å². The number of anilines is 3. The Hall–Kier alpha value is -3.58. The summed E-state index contributed by atoms with van der Waals surface area (Å²) in [7, 11) is 0. The Morgan fingerprint density at radius 2 is 1.78 bits per heavy atom. The lowest BCUT2D eigenvalue weighted by Gasteiger charge is -2.33. The quantitative estimate of drug-likeness (QED) is 0.422. The molecule has 36 heavy (non-hydrogen) atoms. The Morgan fingerprint density at radius 1 is 0.972 bits per heavy atom. The number of carbonyl (C=O) groups is 2. The van der Waals surface area contributed by atoms with E-state index in [9.17, 15) is 9.59 Å². The predicted molar refractivity (Wildman–Crippen MR) is 145 cm³/mol. The van der Waals surface area contributed by atoms with Crippen molar-refractivity contribution < 1.29 is 14.3 Å². The number of nitrogens with zero attached hydrogens (tertiary/aromatic N) is 1. The Balaban J connectivity index is 1.34. The summed E-state index contributed by atoms with van der Waals surface area (Å²) in [5.41, 5.74) is 2.79. The first-order valence-corrected chi connectivity index (χ1v) is 12.9. The van der Waals surface area contributed by atoms with Crippen molar-refractivity contribution in [2.75, 3.05) is 41.8 Å². The Kier molecular flexibility index (Phi) is 7.37. The molecule has 0 radical (unpaired) electrons. The number of benzene rings is 3. The van der Waals surface area contributed by atoms with Crippen LogP contribution >= 0.6 is 0 Å². The van der Waals surface area contributed by atoms with Crippen molar-refractivity contribution in [3.05, 3.63) is 66.2 Å². The zero-order chi connectivity index (χ0) is 24.9. The summed E-state index contributed by atoms with van der Waals surface area (Å²) in [5, 5.41) is 10.9. The molecule has 3 amide bonds. The van der Waals surface area contributed by atoms with E-state index in [1.807, 2.05) is 54.6 Å². The number of hydrogen-bond acceptors (Lipinski definition) is 4. The van der Waals surface area contributed by atoms with Gasteiger partial charge in [-0.2, -0.15) is 0 Å². The summed E-state index contributed by atoms with van der Waals surface area (Å²) in [6.45, 7) is 5.36. The average molecular weight is 487 g/mol.